The predicted octanol–water partition coefficient (Wildman–Crippen LogP) is 2.25. The monoisotopic (exact) mass is 261 g/mol. The fourth-order valence-electron chi connectivity index (χ4n) is 2.47. The highest BCUT2D eigenvalue weighted by Gasteiger charge is 2.20. The van der Waals surface area contributed by atoms with Gasteiger partial charge in [-0.2, -0.15) is 0 Å². The molecule has 4 heteroatoms. The average Bonchev–Trinajstić information content (AvgIpc) is 2.33. The number of hydrogen-bond donors (Lipinski definition) is 2. The maximum Gasteiger partial charge on any atom is 0.251 e. The molecule has 4 nitrogen and oxygen atoms in total. The van der Waals surface area contributed by atoms with Gasteiger partial charge >= 0.3 is 0 Å². The Balaban J connectivity index is 2.07. The van der Waals surface area contributed by atoms with E-state index in [0.29, 0.717) is 17.8 Å². The summed E-state index contributed by atoms with van der Waals surface area (Å²) in [6, 6.07) is 5.55. The van der Waals surface area contributed by atoms with Gasteiger partial charge in [0, 0.05) is 25.7 Å². The lowest BCUT2D eigenvalue weighted by Gasteiger charge is -2.31. The number of anilines is 2. The number of nitrogens with zero attached hydrogens (tertiary/aromatic N) is 1. The first-order valence-corrected chi connectivity index (χ1v) is 7.00. The molecular weight excluding hydrogens is 238 g/mol. The van der Waals surface area contributed by atoms with E-state index in [4.69, 9.17) is 5.73 Å². The van der Waals surface area contributed by atoms with E-state index in [-0.39, 0.29) is 5.91 Å². The number of hydrogen-bond acceptors (Lipinski definition) is 3. The van der Waals surface area contributed by atoms with E-state index in [1.807, 2.05) is 19.1 Å². The number of nitrogens with one attached hydrogen (secondary N) is 1. The van der Waals surface area contributed by atoms with Crippen molar-refractivity contribution in [2.45, 2.75) is 26.2 Å². The van der Waals surface area contributed by atoms with Crippen LogP contribution in [0.4, 0.5) is 11.4 Å². The van der Waals surface area contributed by atoms with Crippen molar-refractivity contribution in [2.24, 2.45) is 5.92 Å². The molecule has 1 amide bonds. The van der Waals surface area contributed by atoms with Crippen LogP contribution in [0, 0.1) is 5.92 Å². The van der Waals surface area contributed by atoms with Crippen molar-refractivity contribution in [1.82, 2.24) is 5.32 Å². The number of amides is 1. The fraction of sp³-hybridized carbons (Fsp3) is 0.533. The third-order valence-electron chi connectivity index (χ3n) is 3.80. The normalized spacial score (nSPS) is 14.8. The number of nitrogens with two attached hydrogens (primary N) is 1. The summed E-state index contributed by atoms with van der Waals surface area (Å²) in [6.45, 7) is 3.58. The molecule has 3 N–H and O–H groups in total. The molecule has 0 aliphatic heterocycles. The second-order valence-corrected chi connectivity index (χ2v) is 5.31. The van der Waals surface area contributed by atoms with Crippen molar-refractivity contribution in [3.63, 3.8) is 0 Å². The zero-order valence-corrected chi connectivity index (χ0v) is 11.8. The molecule has 0 bridgehead atoms. The molecule has 0 saturated heterocycles. The lowest BCUT2D eigenvalue weighted by atomic mass is 9.85. The van der Waals surface area contributed by atoms with Crippen molar-refractivity contribution >= 4 is 17.3 Å². The third-order valence-corrected chi connectivity index (χ3v) is 3.80. The molecule has 1 fully saturated rings. The molecule has 1 aliphatic carbocycles. The van der Waals surface area contributed by atoms with Gasteiger partial charge in [-0.3, -0.25) is 4.79 Å². The molecule has 0 unspecified atom stereocenters. The second kappa shape index (κ2) is 5.95. The number of nitrogen functional groups attached to an aromatic ring is 1. The van der Waals surface area contributed by atoms with Gasteiger partial charge in [0.25, 0.3) is 5.91 Å². The molecular formula is C15H23N3O. The third kappa shape index (κ3) is 3.19. The number of carbonyl (C=O) groups excluding carboxylic acids is 1. The first-order chi connectivity index (χ1) is 9.11. The van der Waals surface area contributed by atoms with Gasteiger partial charge in [0.15, 0.2) is 0 Å². The van der Waals surface area contributed by atoms with Crippen LogP contribution in [0.3, 0.4) is 0 Å². The molecule has 1 aliphatic rings. The Kier molecular flexibility index (Phi) is 4.30. The highest BCUT2D eigenvalue weighted by molar-refractivity contribution is 5.96. The maximum atomic E-state index is 11.7. The molecule has 1 saturated carbocycles. The van der Waals surface area contributed by atoms with E-state index >= 15 is 0 Å². The van der Waals surface area contributed by atoms with Crippen molar-refractivity contribution in [3.8, 4) is 0 Å². The Labute approximate surface area is 115 Å². The Bertz CT molecular complexity index is 455. The minimum Gasteiger partial charge on any atom is -0.397 e. The van der Waals surface area contributed by atoms with Gasteiger partial charge in [0.2, 0.25) is 0 Å². The van der Waals surface area contributed by atoms with E-state index in [2.05, 4.69) is 17.3 Å². The van der Waals surface area contributed by atoms with E-state index in [1.165, 1.54) is 19.3 Å². The molecule has 1 aromatic rings. The van der Waals surface area contributed by atoms with Crippen LogP contribution in [0.15, 0.2) is 18.2 Å². The molecule has 1 aromatic carbocycles. The largest absolute Gasteiger partial charge is 0.397 e. The summed E-state index contributed by atoms with van der Waals surface area (Å²) >= 11 is 0. The molecule has 0 spiro atoms. The van der Waals surface area contributed by atoms with Crippen LogP contribution in [0.25, 0.3) is 0 Å². The molecule has 2 rings (SSSR count). The van der Waals surface area contributed by atoms with Gasteiger partial charge in [0.05, 0.1) is 11.4 Å². The summed E-state index contributed by atoms with van der Waals surface area (Å²) in [5.74, 6) is 0.731. The Morgan fingerprint density at radius 3 is 2.74 bits per heavy atom. The smallest absolute Gasteiger partial charge is 0.251 e. The van der Waals surface area contributed by atoms with Crippen LogP contribution in [-0.2, 0) is 0 Å². The zero-order valence-electron chi connectivity index (χ0n) is 11.8. The van der Waals surface area contributed by atoms with Gasteiger partial charge in [-0.05, 0) is 43.9 Å². The van der Waals surface area contributed by atoms with Crippen LogP contribution in [-0.4, -0.2) is 26.0 Å². The Morgan fingerprint density at radius 1 is 1.47 bits per heavy atom. The number of rotatable bonds is 5. The molecule has 0 radical (unpaired) electrons. The van der Waals surface area contributed by atoms with Gasteiger partial charge in [-0.15, -0.1) is 0 Å². The van der Waals surface area contributed by atoms with Crippen LogP contribution in [0.5, 0.6) is 0 Å². The summed E-state index contributed by atoms with van der Waals surface area (Å²) in [7, 11) is 2.07. The molecule has 104 valence electrons. The maximum absolute atomic E-state index is 11.7. The minimum absolute atomic E-state index is 0.0672. The van der Waals surface area contributed by atoms with Crippen molar-refractivity contribution in [2.75, 3.05) is 30.8 Å². The van der Waals surface area contributed by atoms with E-state index in [1.54, 1.807) is 6.07 Å². The lowest BCUT2D eigenvalue weighted by molar-refractivity contribution is 0.0956. The summed E-state index contributed by atoms with van der Waals surface area (Å²) in [5.41, 5.74) is 8.38. The number of benzene rings is 1. The fourth-order valence-corrected chi connectivity index (χ4v) is 2.47. The Morgan fingerprint density at radius 2 is 2.21 bits per heavy atom. The first kappa shape index (κ1) is 13.7. The first-order valence-electron chi connectivity index (χ1n) is 7.00. The quantitative estimate of drug-likeness (QED) is 0.799. The molecule has 19 heavy (non-hydrogen) atoms. The highest BCUT2D eigenvalue weighted by atomic mass is 16.1. The minimum atomic E-state index is -0.0672. The van der Waals surface area contributed by atoms with Gasteiger partial charge in [-0.25, -0.2) is 0 Å². The molecule has 0 atom stereocenters. The van der Waals surface area contributed by atoms with Crippen molar-refractivity contribution in [3.05, 3.63) is 23.8 Å². The highest BCUT2D eigenvalue weighted by Crippen LogP contribution is 2.30. The van der Waals surface area contributed by atoms with Crippen molar-refractivity contribution < 1.29 is 4.79 Å². The van der Waals surface area contributed by atoms with E-state index < -0.39 is 0 Å². The Hall–Kier alpha value is -1.71. The summed E-state index contributed by atoms with van der Waals surface area (Å²) in [4.78, 5) is 13.9. The summed E-state index contributed by atoms with van der Waals surface area (Å²) in [6.07, 6.45) is 3.99. The topological polar surface area (TPSA) is 58.4 Å². The van der Waals surface area contributed by atoms with Crippen LogP contribution >= 0.6 is 0 Å². The SMILES string of the molecule is CCNC(=O)c1ccc(N(C)CC2CCC2)c(N)c1. The van der Waals surface area contributed by atoms with E-state index in [9.17, 15) is 4.79 Å². The second-order valence-electron chi connectivity index (χ2n) is 5.31. The van der Waals surface area contributed by atoms with Gasteiger partial charge in [0.1, 0.15) is 0 Å². The van der Waals surface area contributed by atoms with E-state index in [0.717, 1.165) is 18.2 Å². The molecule has 0 heterocycles. The van der Waals surface area contributed by atoms with Crippen LogP contribution in [0.2, 0.25) is 0 Å². The van der Waals surface area contributed by atoms with Gasteiger partial charge in [-0.1, -0.05) is 6.42 Å². The lowest BCUT2D eigenvalue weighted by Crippen LogP contribution is -2.30. The zero-order chi connectivity index (χ0) is 13.8. The number of carbonyl (C=O) groups is 1. The standard InChI is InChI=1S/C15H23N3O/c1-3-17-15(19)12-7-8-14(13(16)9-12)18(2)10-11-5-4-6-11/h7-9,11H,3-6,10,16H2,1-2H3,(H,17,19). The van der Waals surface area contributed by atoms with Crippen LogP contribution < -0.4 is 16.0 Å². The van der Waals surface area contributed by atoms with Crippen LogP contribution in [0.1, 0.15) is 36.5 Å². The van der Waals surface area contributed by atoms with Gasteiger partial charge < -0.3 is 16.0 Å². The predicted molar refractivity (Wildman–Crippen MR) is 79.5 cm³/mol. The average molecular weight is 261 g/mol. The summed E-state index contributed by atoms with van der Waals surface area (Å²) in [5, 5.41) is 2.78. The van der Waals surface area contributed by atoms with Crippen molar-refractivity contribution in [1.29, 1.82) is 0 Å². The molecule has 0 aromatic heterocycles. The summed E-state index contributed by atoms with van der Waals surface area (Å²) < 4.78 is 0.